The number of benzene rings is 1. The molecule has 2 N–H and O–H groups in total. The molecular formula is C13H13N3O2S. The molecule has 0 aliphatic carbocycles. The normalized spacial score (nSPS) is 10.0. The van der Waals surface area contributed by atoms with Crippen LogP contribution in [0, 0.1) is 6.92 Å². The second-order valence-corrected chi connectivity index (χ2v) is 4.27. The van der Waals surface area contributed by atoms with E-state index in [4.69, 9.17) is 27.4 Å². The Kier molecular flexibility index (Phi) is 3.91. The van der Waals surface area contributed by atoms with E-state index in [2.05, 4.69) is 9.97 Å². The summed E-state index contributed by atoms with van der Waals surface area (Å²) in [5.74, 6) is 1.41. The standard InChI is InChI=1S/C13H13N3O2S/c1-8-3-4-9(10(7-8)17-2)18-13-11(12(14)19)15-5-6-16-13/h3-7H,1-2H3,(H2,14,19). The lowest BCUT2D eigenvalue weighted by Gasteiger charge is -2.11. The fourth-order valence-electron chi connectivity index (χ4n) is 1.53. The maximum atomic E-state index is 5.68. The number of methoxy groups -OCH3 is 1. The van der Waals surface area contributed by atoms with Gasteiger partial charge in [-0.3, -0.25) is 0 Å². The minimum atomic E-state index is 0.133. The second kappa shape index (κ2) is 5.62. The van der Waals surface area contributed by atoms with Gasteiger partial charge in [-0.25, -0.2) is 9.97 Å². The van der Waals surface area contributed by atoms with Gasteiger partial charge >= 0.3 is 0 Å². The molecule has 6 heteroatoms. The summed E-state index contributed by atoms with van der Waals surface area (Å²) in [4.78, 5) is 8.27. The van der Waals surface area contributed by atoms with Crippen molar-refractivity contribution in [3.63, 3.8) is 0 Å². The second-order valence-electron chi connectivity index (χ2n) is 3.83. The van der Waals surface area contributed by atoms with Crippen molar-refractivity contribution in [2.24, 2.45) is 5.73 Å². The van der Waals surface area contributed by atoms with Gasteiger partial charge in [0.1, 0.15) is 4.99 Å². The lowest BCUT2D eigenvalue weighted by molar-refractivity contribution is 0.373. The summed E-state index contributed by atoms with van der Waals surface area (Å²) < 4.78 is 10.9. The van der Waals surface area contributed by atoms with E-state index in [0.717, 1.165) is 5.56 Å². The molecule has 1 heterocycles. The Morgan fingerprint density at radius 1 is 1.21 bits per heavy atom. The number of nitrogens with two attached hydrogens (primary N) is 1. The van der Waals surface area contributed by atoms with Gasteiger partial charge in [-0.1, -0.05) is 18.3 Å². The van der Waals surface area contributed by atoms with Crippen LogP contribution in [0.3, 0.4) is 0 Å². The number of aryl methyl sites for hydroxylation is 1. The molecule has 0 unspecified atom stereocenters. The third-order valence-electron chi connectivity index (χ3n) is 2.42. The van der Waals surface area contributed by atoms with Crippen molar-refractivity contribution in [2.45, 2.75) is 6.92 Å². The Morgan fingerprint density at radius 2 is 1.95 bits per heavy atom. The van der Waals surface area contributed by atoms with Crippen molar-refractivity contribution in [3.8, 4) is 17.4 Å². The quantitative estimate of drug-likeness (QED) is 0.863. The first-order valence-corrected chi connectivity index (χ1v) is 5.96. The van der Waals surface area contributed by atoms with Crippen molar-refractivity contribution in [2.75, 3.05) is 7.11 Å². The van der Waals surface area contributed by atoms with Crippen molar-refractivity contribution in [3.05, 3.63) is 41.9 Å². The van der Waals surface area contributed by atoms with Crippen molar-refractivity contribution < 1.29 is 9.47 Å². The summed E-state index contributed by atoms with van der Waals surface area (Å²) in [7, 11) is 1.58. The highest BCUT2D eigenvalue weighted by atomic mass is 32.1. The van der Waals surface area contributed by atoms with E-state index in [1.165, 1.54) is 12.4 Å². The molecule has 0 saturated carbocycles. The molecule has 0 fully saturated rings. The molecule has 0 atom stereocenters. The highest BCUT2D eigenvalue weighted by molar-refractivity contribution is 7.80. The summed E-state index contributed by atoms with van der Waals surface area (Å²) in [6.07, 6.45) is 3.02. The van der Waals surface area contributed by atoms with Gasteiger partial charge in [-0.2, -0.15) is 0 Å². The monoisotopic (exact) mass is 275 g/mol. The number of hydrogen-bond acceptors (Lipinski definition) is 5. The van der Waals surface area contributed by atoms with Gasteiger partial charge in [-0.05, 0) is 24.6 Å². The molecule has 1 aromatic carbocycles. The van der Waals surface area contributed by atoms with Crippen LogP contribution in [0.2, 0.25) is 0 Å². The van der Waals surface area contributed by atoms with Gasteiger partial charge in [0.2, 0.25) is 5.88 Å². The molecule has 0 aliphatic rings. The van der Waals surface area contributed by atoms with Crippen molar-refractivity contribution in [1.29, 1.82) is 0 Å². The molecule has 1 aromatic heterocycles. The Balaban J connectivity index is 2.39. The van der Waals surface area contributed by atoms with Gasteiger partial charge in [0.25, 0.3) is 0 Å². The van der Waals surface area contributed by atoms with Gasteiger partial charge < -0.3 is 15.2 Å². The zero-order valence-corrected chi connectivity index (χ0v) is 11.4. The van der Waals surface area contributed by atoms with E-state index in [0.29, 0.717) is 17.2 Å². The number of rotatable bonds is 4. The smallest absolute Gasteiger partial charge is 0.248 e. The first-order valence-electron chi connectivity index (χ1n) is 5.55. The lowest BCUT2D eigenvalue weighted by Crippen LogP contribution is -2.13. The van der Waals surface area contributed by atoms with Crippen LogP contribution in [0.5, 0.6) is 17.4 Å². The summed E-state index contributed by atoms with van der Waals surface area (Å²) >= 11 is 4.91. The zero-order valence-electron chi connectivity index (χ0n) is 10.6. The molecule has 0 aliphatic heterocycles. The summed E-state index contributed by atoms with van der Waals surface area (Å²) in [6, 6.07) is 5.58. The van der Waals surface area contributed by atoms with Crippen LogP contribution in [-0.4, -0.2) is 22.1 Å². The maximum Gasteiger partial charge on any atom is 0.248 e. The molecule has 19 heavy (non-hydrogen) atoms. The molecule has 98 valence electrons. The first-order chi connectivity index (χ1) is 9.11. The molecule has 5 nitrogen and oxygen atoms in total. The Morgan fingerprint density at radius 3 is 2.63 bits per heavy atom. The van der Waals surface area contributed by atoms with Crippen molar-refractivity contribution in [1.82, 2.24) is 9.97 Å². The molecule has 0 radical (unpaired) electrons. The van der Waals surface area contributed by atoms with Crippen LogP contribution >= 0.6 is 12.2 Å². The lowest BCUT2D eigenvalue weighted by atomic mass is 10.2. The molecule has 2 aromatic rings. The van der Waals surface area contributed by atoms with E-state index in [1.54, 1.807) is 13.2 Å². The van der Waals surface area contributed by atoms with Crippen LogP contribution < -0.4 is 15.2 Å². The van der Waals surface area contributed by atoms with E-state index in [9.17, 15) is 0 Å². The minimum absolute atomic E-state index is 0.133. The summed E-state index contributed by atoms with van der Waals surface area (Å²) in [6.45, 7) is 1.97. The number of ether oxygens (including phenoxy) is 2. The van der Waals surface area contributed by atoms with Crippen LogP contribution in [0.4, 0.5) is 0 Å². The van der Waals surface area contributed by atoms with E-state index in [-0.39, 0.29) is 10.9 Å². The van der Waals surface area contributed by atoms with Gasteiger partial charge in [-0.15, -0.1) is 0 Å². The van der Waals surface area contributed by atoms with Gasteiger partial charge in [0.15, 0.2) is 17.2 Å². The fourth-order valence-corrected chi connectivity index (χ4v) is 1.67. The predicted octanol–water partition coefficient (Wildman–Crippen LogP) is 2.22. The van der Waals surface area contributed by atoms with Crippen LogP contribution in [0.1, 0.15) is 11.3 Å². The van der Waals surface area contributed by atoms with Crippen LogP contribution in [0.25, 0.3) is 0 Å². The number of hydrogen-bond donors (Lipinski definition) is 1. The van der Waals surface area contributed by atoms with Crippen molar-refractivity contribution >= 4 is 17.2 Å². The van der Waals surface area contributed by atoms with Crippen LogP contribution in [0.15, 0.2) is 30.6 Å². The van der Waals surface area contributed by atoms with Gasteiger partial charge in [0, 0.05) is 12.4 Å². The van der Waals surface area contributed by atoms with E-state index in [1.807, 2.05) is 19.1 Å². The molecular weight excluding hydrogens is 262 g/mol. The van der Waals surface area contributed by atoms with E-state index < -0.39 is 0 Å². The van der Waals surface area contributed by atoms with Crippen LogP contribution in [-0.2, 0) is 0 Å². The Labute approximate surface area is 116 Å². The molecule has 0 amide bonds. The number of nitrogens with zero attached hydrogens (tertiary/aromatic N) is 2. The predicted molar refractivity (Wildman–Crippen MR) is 75.7 cm³/mol. The maximum absolute atomic E-state index is 5.68. The Hall–Kier alpha value is -2.21. The number of aromatic nitrogens is 2. The molecule has 0 saturated heterocycles. The highest BCUT2D eigenvalue weighted by Crippen LogP contribution is 2.32. The fraction of sp³-hybridized carbons (Fsp3) is 0.154. The highest BCUT2D eigenvalue weighted by Gasteiger charge is 2.13. The SMILES string of the molecule is COc1cc(C)ccc1Oc1nccnc1C(N)=S. The molecule has 0 bridgehead atoms. The topological polar surface area (TPSA) is 70.3 Å². The first kappa shape index (κ1) is 13.2. The molecule has 0 spiro atoms. The third kappa shape index (κ3) is 2.97. The minimum Gasteiger partial charge on any atom is -0.493 e. The van der Waals surface area contributed by atoms with E-state index >= 15 is 0 Å². The Bertz CT molecular complexity index is 617. The number of thiocarbonyl (C=S) groups is 1. The summed E-state index contributed by atoms with van der Waals surface area (Å²) in [5, 5.41) is 0. The third-order valence-corrected chi connectivity index (χ3v) is 2.62. The largest absolute Gasteiger partial charge is 0.493 e. The average molecular weight is 275 g/mol. The molecule has 2 rings (SSSR count). The summed E-state index contributed by atoms with van der Waals surface area (Å²) in [5.41, 5.74) is 7.00. The van der Waals surface area contributed by atoms with Gasteiger partial charge in [0.05, 0.1) is 7.11 Å². The zero-order chi connectivity index (χ0) is 13.8. The average Bonchev–Trinajstić information content (AvgIpc) is 2.41.